The number of β-amino-alcohol motifs (C(OH)–C–C–N with tert-alkyl or cyclic N) is 1. The van der Waals surface area contributed by atoms with Gasteiger partial charge in [0.1, 0.15) is 18.5 Å². The van der Waals surface area contributed by atoms with Crippen LogP contribution in [0, 0.1) is 5.41 Å². The summed E-state index contributed by atoms with van der Waals surface area (Å²) in [5, 5.41) is 14.5. The second kappa shape index (κ2) is 9.33. The van der Waals surface area contributed by atoms with E-state index >= 15 is 0 Å². The normalized spacial score (nSPS) is 13.4. The van der Waals surface area contributed by atoms with Crippen LogP contribution in [0.2, 0.25) is 10.0 Å². The Kier molecular flexibility index (Phi) is 9.26. The first kappa shape index (κ1) is 22.8. The molecule has 1 unspecified atom stereocenters. The Bertz CT molecular complexity index is 487. The molecule has 0 saturated heterocycles. The van der Waals surface area contributed by atoms with Crippen LogP contribution < -0.4 is 10.1 Å². The molecule has 0 amide bonds. The zero-order chi connectivity index (χ0) is 17.0. The Hall–Kier alpha value is -0.190. The Labute approximate surface area is 156 Å². The van der Waals surface area contributed by atoms with Gasteiger partial charge in [0, 0.05) is 17.1 Å². The van der Waals surface area contributed by atoms with E-state index in [1.165, 1.54) is 0 Å². The van der Waals surface area contributed by atoms with Crippen molar-refractivity contribution in [2.24, 2.45) is 5.41 Å². The minimum absolute atomic E-state index is 0. The van der Waals surface area contributed by atoms with E-state index in [1.807, 2.05) is 0 Å². The van der Waals surface area contributed by atoms with Crippen molar-refractivity contribution in [3.8, 4) is 5.75 Å². The lowest BCUT2D eigenvalue weighted by atomic mass is 9.82. The summed E-state index contributed by atoms with van der Waals surface area (Å²) in [5.41, 5.74) is 0.186. The number of rotatable bonds is 7. The Balaban J connectivity index is 0.00000484. The molecule has 0 aromatic heterocycles. The minimum atomic E-state index is -0.606. The van der Waals surface area contributed by atoms with E-state index in [0.717, 1.165) is 6.42 Å². The molecule has 1 aromatic carbocycles. The van der Waals surface area contributed by atoms with Crippen molar-refractivity contribution >= 4 is 35.6 Å². The van der Waals surface area contributed by atoms with Crippen molar-refractivity contribution in [3.05, 3.63) is 28.2 Å². The van der Waals surface area contributed by atoms with Crippen molar-refractivity contribution < 1.29 is 9.84 Å². The number of hydrogen-bond donors (Lipinski definition) is 2. The molecule has 0 spiro atoms. The highest BCUT2D eigenvalue weighted by molar-refractivity contribution is 6.35. The van der Waals surface area contributed by atoms with Crippen LogP contribution in [0.15, 0.2) is 18.2 Å². The minimum Gasteiger partial charge on any atom is -0.489 e. The smallest absolute Gasteiger partial charge is 0.138 e. The molecule has 0 radical (unpaired) electrons. The third kappa shape index (κ3) is 9.63. The molecule has 0 aliphatic heterocycles. The van der Waals surface area contributed by atoms with Gasteiger partial charge in [0.15, 0.2) is 0 Å². The van der Waals surface area contributed by atoms with Crippen molar-refractivity contribution in [2.45, 2.75) is 52.7 Å². The molecule has 3 nitrogen and oxygen atoms in total. The molecule has 134 valence electrons. The number of nitrogens with one attached hydrogen (secondary N) is 1. The molecule has 0 bridgehead atoms. The summed E-state index contributed by atoms with van der Waals surface area (Å²) in [6.07, 6.45) is 0.405. The van der Waals surface area contributed by atoms with Crippen LogP contribution >= 0.6 is 35.6 Å². The summed E-state index contributed by atoms with van der Waals surface area (Å²) < 4.78 is 5.54. The highest BCUT2D eigenvalue weighted by atomic mass is 35.5. The molecule has 2 N–H and O–H groups in total. The third-order valence-corrected chi connectivity index (χ3v) is 3.64. The first-order valence-electron chi connectivity index (χ1n) is 7.49. The number of halogens is 3. The summed E-state index contributed by atoms with van der Waals surface area (Å²) in [5.74, 6) is 0.527. The second-order valence-corrected chi connectivity index (χ2v) is 8.39. The van der Waals surface area contributed by atoms with E-state index in [1.54, 1.807) is 18.2 Å². The van der Waals surface area contributed by atoms with Gasteiger partial charge in [0.05, 0.1) is 5.02 Å². The molecular weight excluding hydrogens is 357 g/mol. The number of aliphatic hydroxyl groups is 1. The molecule has 1 atom stereocenters. The van der Waals surface area contributed by atoms with Crippen molar-refractivity contribution in [1.29, 1.82) is 0 Å². The first-order chi connectivity index (χ1) is 9.98. The lowest BCUT2D eigenvalue weighted by Crippen LogP contribution is -2.46. The molecule has 0 heterocycles. The monoisotopic (exact) mass is 383 g/mol. The molecule has 0 fully saturated rings. The number of aliphatic hydroxyl groups excluding tert-OH is 1. The van der Waals surface area contributed by atoms with E-state index in [9.17, 15) is 5.11 Å². The Morgan fingerprint density at radius 3 is 2.30 bits per heavy atom. The van der Waals surface area contributed by atoms with Gasteiger partial charge in [-0.25, -0.2) is 0 Å². The SMILES string of the molecule is CC(C)(C)CC(C)(C)NCC(O)COc1ccc(Cl)cc1Cl.Cl. The van der Waals surface area contributed by atoms with E-state index in [0.29, 0.717) is 22.3 Å². The van der Waals surface area contributed by atoms with E-state index < -0.39 is 6.10 Å². The molecular formula is C17H28Cl3NO2. The summed E-state index contributed by atoms with van der Waals surface area (Å²) in [7, 11) is 0. The Morgan fingerprint density at radius 2 is 1.78 bits per heavy atom. The molecule has 1 aromatic rings. The van der Waals surface area contributed by atoms with Gasteiger partial charge in [0.25, 0.3) is 0 Å². The fraction of sp³-hybridized carbons (Fsp3) is 0.647. The quantitative estimate of drug-likeness (QED) is 0.698. The zero-order valence-corrected chi connectivity index (χ0v) is 16.8. The maximum absolute atomic E-state index is 10.1. The highest BCUT2D eigenvalue weighted by Crippen LogP contribution is 2.28. The standard InChI is InChI=1S/C17H27Cl2NO2.ClH/c1-16(2,3)11-17(4,5)20-9-13(21)10-22-15-7-6-12(18)8-14(15)19;/h6-8,13,20-21H,9-11H2,1-5H3;1H. The van der Waals surface area contributed by atoms with Gasteiger partial charge >= 0.3 is 0 Å². The topological polar surface area (TPSA) is 41.5 Å². The number of ether oxygens (including phenoxy) is 1. The summed E-state index contributed by atoms with van der Waals surface area (Å²) in [4.78, 5) is 0. The lowest BCUT2D eigenvalue weighted by Gasteiger charge is -2.34. The van der Waals surface area contributed by atoms with Gasteiger partial charge in [-0.05, 0) is 43.9 Å². The second-order valence-electron chi connectivity index (χ2n) is 7.54. The summed E-state index contributed by atoms with van der Waals surface area (Å²) >= 11 is 11.9. The van der Waals surface area contributed by atoms with Gasteiger partial charge in [0.2, 0.25) is 0 Å². The van der Waals surface area contributed by atoms with Gasteiger partial charge in [-0.3, -0.25) is 0 Å². The van der Waals surface area contributed by atoms with Crippen molar-refractivity contribution in [2.75, 3.05) is 13.2 Å². The molecule has 0 aliphatic carbocycles. The predicted octanol–water partition coefficient (Wildman–Crippen LogP) is 4.96. The number of hydrogen-bond acceptors (Lipinski definition) is 3. The van der Waals surface area contributed by atoms with Gasteiger partial charge in [-0.1, -0.05) is 44.0 Å². The van der Waals surface area contributed by atoms with E-state index in [4.69, 9.17) is 27.9 Å². The van der Waals surface area contributed by atoms with E-state index in [2.05, 4.69) is 39.9 Å². The van der Waals surface area contributed by atoms with Crippen molar-refractivity contribution in [1.82, 2.24) is 5.32 Å². The van der Waals surface area contributed by atoms with Gasteiger partial charge in [-0.2, -0.15) is 0 Å². The first-order valence-corrected chi connectivity index (χ1v) is 8.25. The van der Waals surface area contributed by atoms with Gasteiger partial charge < -0.3 is 15.2 Å². The van der Waals surface area contributed by atoms with Crippen LogP contribution in [0.1, 0.15) is 41.0 Å². The summed E-state index contributed by atoms with van der Waals surface area (Å²) in [6.45, 7) is 11.5. The van der Waals surface area contributed by atoms with Crippen LogP contribution in [0.4, 0.5) is 0 Å². The van der Waals surface area contributed by atoms with Crippen LogP contribution in [-0.2, 0) is 0 Å². The maximum atomic E-state index is 10.1. The molecule has 1 rings (SSSR count). The average molecular weight is 385 g/mol. The van der Waals surface area contributed by atoms with Crippen LogP contribution in [0.5, 0.6) is 5.75 Å². The molecule has 6 heteroatoms. The van der Waals surface area contributed by atoms with Crippen LogP contribution in [0.25, 0.3) is 0 Å². The van der Waals surface area contributed by atoms with E-state index in [-0.39, 0.29) is 30.0 Å². The molecule has 0 aliphatic rings. The lowest BCUT2D eigenvalue weighted by molar-refractivity contribution is 0.0944. The third-order valence-electron chi connectivity index (χ3n) is 3.11. The predicted molar refractivity (Wildman–Crippen MR) is 101 cm³/mol. The van der Waals surface area contributed by atoms with Crippen LogP contribution in [0.3, 0.4) is 0 Å². The molecule has 0 saturated carbocycles. The maximum Gasteiger partial charge on any atom is 0.138 e. The van der Waals surface area contributed by atoms with Crippen LogP contribution in [-0.4, -0.2) is 29.9 Å². The van der Waals surface area contributed by atoms with Gasteiger partial charge in [-0.15, -0.1) is 12.4 Å². The molecule has 23 heavy (non-hydrogen) atoms. The fourth-order valence-electron chi connectivity index (χ4n) is 2.62. The van der Waals surface area contributed by atoms with Crippen molar-refractivity contribution in [3.63, 3.8) is 0 Å². The largest absolute Gasteiger partial charge is 0.489 e. The highest BCUT2D eigenvalue weighted by Gasteiger charge is 2.25. The Morgan fingerprint density at radius 1 is 1.17 bits per heavy atom. The average Bonchev–Trinajstić information content (AvgIpc) is 2.32. The number of benzene rings is 1. The summed E-state index contributed by atoms with van der Waals surface area (Å²) in [6, 6.07) is 5.03. The fourth-order valence-corrected chi connectivity index (χ4v) is 3.08. The zero-order valence-electron chi connectivity index (χ0n) is 14.5.